The van der Waals surface area contributed by atoms with Gasteiger partial charge in [-0.3, -0.25) is 9.59 Å². The normalized spacial score (nSPS) is 15.7. The molecule has 2 rings (SSSR count). The van der Waals surface area contributed by atoms with E-state index in [1.54, 1.807) is 0 Å². The minimum absolute atomic E-state index is 0.00183. The second kappa shape index (κ2) is 8.29. The van der Waals surface area contributed by atoms with E-state index in [0.717, 1.165) is 18.4 Å². The van der Waals surface area contributed by atoms with Gasteiger partial charge in [0.2, 0.25) is 11.8 Å². The molecule has 0 radical (unpaired) electrons. The molecule has 1 aliphatic carbocycles. The van der Waals surface area contributed by atoms with Crippen molar-refractivity contribution in [2.24, 2.45) is 5.92 Å². The van der Waals surface area contributed by atoms with Crippen LogP contribution in [-0.2, 0) is 27.2 Å². The summed E-state index contributed by atoms with van der Waals surface area (Å²) in [5.74, 6) is -0.447. The number of amides is 2. The van der Waals surface area contributed by atoms with E-state index >= 15 is 0 Å². The summed E-state index contributed by atoms with van der Waals surface area (Å²) in [6, 6.07) is 5.79. The van der Waals surface area contributed by atoms with Crippen LogP contribution >= 0.6 is 0 Å². The van der Waals surface area contributed by atoms with Gasteiger partial charge >= 0.3 is 0 Å². The van der Waals surface area contributed by atoms with Crippen LogP contribution in [0.15, 0.2) is 18.2 Å². The van der Waals surface area contributed by atoms with Crippen LogP contribution in [0.25, 0.3) is 0 Å². The van der Waals surface area contributed by atoms with E-state index in [9.17, 15) is 9.59 Å². The van der Waals surface area contributed by atoms with Gasteiger partial charge in [-0.2, -0.15) is 0 Å². The highest BCUT2D eigenvalue weighted by atomic mass is 16.5. The number of benzene rings is 1. The maximum atomic E-state index is 12.6. The van der Waals surface area contributed by atoms with Gasteiger partial charge in [-0.25, -0.2) is 0 Å². The molecule has 2 amide bonds. The monoisotopic (exact) mass is 332 g/mol. The minimum atomic E-state index is -0.565. The summed E-state index contributed by atoms with van der Waals surface area (Å²) >= 11 is 0. The molecule has 1 aromatic carbocycles. The first kappa shape index (κ1) is 18.5. The lowest BCUT2D eigenvalue weighted by Gasteiger charge is -2.24. The van der Waals surface area contributed by atoms with E-state index < -0.39 is 6.04 Å². The molecular formula is C19H28N2O3. The van der Waals surface area contributed by atoms with E-state index in [1.165, 1.54) is 24.7 Å². The summed E-state index contributed by atoms with van der Waals surface area (Å²) in [7, 11) is 1.46. The standard InChI is InChI=1S/C19H28N2O3/c1-12(2)18(21-17(22)11-24-4)19(23)20-13(3)15-9-8-14-6-5-7-16(14)10-15/h8-10,12-13,18H,5-7,11H2,1-4H3,(H,20,23)(H,21,22)/t13-,18-/m0/s1. The zero-order chi connectivity index (χ0) is 17.7. The van der Waals surface area contributed by atoms with Crippen molar-refractivity contribution in [1.29, 1.82) is 0 Å². The molecule has 0 spiro atoms. The number of methoxy groups -OCH3 is 1. The molecule has 0 heterocycles. The van der Waals surface area contributed by atoms with Crippen molar-refractivity contribution in [3.05, 3.63) is 34.9 Å². The Morgan fingerprint density at radius 3 is 2.50 bits per heavy atom. The average Bonchev–Trinajstić information content (AvgIpc) is 2.99. The van der Waals surface area contributed by atoms with Crippen molar-refractivity contribution in [3.63, 3.8) is 0 Å². The Hall–Kier alpha value is -1.88. The fraction of sp³-hybridized carbons (Fsp3) is 0.579. The Balaban J connectivity index is 2.01. The SMILES string of the molecule is COCC(=O)N[C@H](C(=O)N[C@@H](C)c1ccc2c(c1)CCC2)C(C)C. The summed E-state index contributed by atoms with van der Waals surface area (Å²) in [6.07, 6.45) is 3.48. The fourth-order valence-electron chi connectivity index (χ4n) is 3.13. The number of hydrogen-bond donors (Lipinski definition) is 2. The van der Waals surface area contributed by atoms with E-state index in [1.807, 2.05) is 20.8 Å². The van der Waals surface area contributed by atoms with Gasteiger partial charge in [0.05, 0.1) is 6.04 Å². The molecule has 0 aromatic heterocycles. The lowest BCUT2D eigenvalue weighted by molar-refractivity contribution is -0.132. The Morgan fingerprint density at radius 1 is 1.12 bits per heavy atom. The molecule has 0 saturated heterocycles. The predicted octanol–water partition coefficient (Wildman–Crippen LogP) is 2.14. The van der Waals surface area contributed by atoms with Crippen LogP contribution in [-0.4, -0.2) is 31.6 Å². The lowest BCUT2D eigenvalue weighted by atomic mass is 10.00. The van der Waals surface area contributed by atoms with Crippen LogP contribution in [0.4, 0.5) is 0 Å². The van der Waals surface area contributed by atoms with E-state index in [4.69, 9.17) is 4.74 Å². The number of hydrogen-bond acceptors (Lipinski definition) is 3. The molecule has 1 aliphatic rings. The Kier molecular flexibility index (Phi) is 6.37. The van der Waals surface area contributed by atoms with Crippen molar-refractivity contribution < 1.29 is 14.3 Å². The van der Waals surface area contributed by atoms with Gasteiger partial charge in [-0.05, 0) is 48.8 Å². The van der Waals surface area contributed by atoms with Gasteiger partial charge in [-0.1, -0.05) is 32.0 Å². The summed E-state index contributed by atoms with van der Waals surface area (Å²) in [6.45, 7) is 5.76. The van der Waals surface area contributed by atoms with Crippen LogP contribution < -0.4 is 10.6 Å². The van der Waals surface area contributed by atoms with Gasteiger partial charge in [0.15, 0.2) is 0 Å². The molecule has 24 heavy (non-hydrogen) atoms. The third-order valence-corrected chi connectivity index (χ3v) is 4.52. The molecule has 0 aliphatic heterocycles. The Bertz CT molecular complexity index is 598. The zero-order valence-electron chi connectivity index (χ0n) is 15.0. The topological polar surface area (TPSA) is 67.4 Å². The third kappa shape index (κ3) is 4.57. The van der Waals surface area contributed by atoms with Gasteiger partial charge in [0, 0.05) is 7.11 Å². The summed E-state index contributed by atoms with van der Waals surface area (Å²) < 4.78 is 4.81. The molecule has 2 N–H and O–H groups in total. The molecular weight excluding hydrogens is 304 g/mol. The molecule has 0 bridgehead atoms. The molecule has 2 atom stereocenters. The second-order valence-corrected chi connectivity index (χ2v) is 6.83. The van der Waals surface area contributed by atoms with Gasteiger partial charge in [-0.15, -0.1) is 0 Å². The number of carbonyl (C=O) groups is 2. The van der Waals surface area contributed by atoms with Crippen molar-refractivity contribution in [1.82, 2.24) is 10.6 Å². The summed E-state index contributed by atoms with van der Waals surface area (Å²) in [5, 5.41) is 5.76. The van der Waals surface area contributed by atoms with Gasteiger partial charge in [0.1, 0.15) is 12.6 Å². The second-order valence-electron chi connectivity index (χ2n) is 6.83. The van der Waals surface area contributed by atoms with E-state index in [2.05, 4.69) is 28.8 Å². The van der Waals surface area contributed by atoms with Gasteiger partial charge in [0.25, 0.3) is 0 Å². The number of ether oxygens (including phenoxy) is 1. The summed E-state index contributed by atoms with van der Waals surface area (Å²) in [4.78, 5) is 24.3. The molecule has 5 nitrogen and oxygen atoms in total. The van der Waals surface area contributed by atoms with Crippen molar-refractivity contribution in [2.75, 3.05) is 13.7 Å². The molecule has 1 aromatic rings. The van der Waals surface area contributed by atoms with Gasteiger partial charge < -0.3 is 15.4 Å². The van der Waals surface area contributed by atoms with Crippen LogP contribution in [0.2, 0.25) is 0 Å². The third-order valence-electron chi connectivity index (χ3n) is 4.52. The van der Waals surface area contributed by atoms with Crippen LogP contribution in [0.3, 0.4) is 0 Å². The smallest absolute Gasteiger partial charge is 0.246 e. The Morgan fingerprint density at radius 2 is 1.83 bits per heavy atom. The number of nitrogens with one attached hydrogen (secondary N) is 2. The first-order chi connectivity index (χ1) is 11.4. The highest BCUT2D eigenvalue weighted by molar-refractivity contribution is 5.88. The summed E-state index contributed by atoms with van der Waals surface area (Å²) in [5.41, 5.74) is 3.92. The molecule has 0 fully saturated rings. The average molecular weight is 332 g/mol. The number of fused-ring (bicyclic) bond motifs is 1. The zero-order valence-corrected chi connectivity index (χ0v) is 15.0. The Labute approximate surface area is 144 Å². The van der Waals surface area contributed by atoms with Crippen LogP contribution in [0.5, 0.6) is 0 Å². The molecule has 0 unspecified atom stereocenters. The van der Waals surface area contributed by atoms with Crippen molar-refractivity contribution >= 4 is 11.8 Å². The number of rotatable bonds is 7. The first-order valence-corrected chi connectivity index (χ1v) is 8.62. The van der Waals surface area contributed by atoms with Crippen molar-refractivity contribution in [2.45, 2.75) is 52.1 Å². The van der Waals surface area contributed by atoms with Crippen molar-refractivity contribution in [3.8, 4) is 0 Å². The first-order valence-electron chi connectivity index (χ1n) is 8.62. The minimum Gasteiger partial charge on any atom is -0.375 e. The van der Waals surface area contributed by atoms with Crippen LogP contribution in [0, 0.1) is 5.92 Å². The maximum Gasteiger partial charge on any atom is 0.246 e. The molecule has 132 valence electrons. The van der Waals surface area contributed by atoms with Crippen LogP contribution in [0.1, 0.15) is 49.9 Å². The van der Waals surface area contributed by atoms with E-state index in [0.29, 0.717) is 0 Å². The number of aryl methyl sites for hydroxylation is 2. The molecule has 0 saturated carbocycles. The largest absolute Gasteiger partial charge is 0.375 e. The fourth-order valence-corrected chi connectivity index (χ4v) is 3.13. The maximum absolute atomic E-state index is 12.6. The number of carbonyl (C=O) groups excluding carboxylic acids is 2. The molecule has 5 heteroatoms. The van der Waals surface area contributed by atoms with E-state index in [-0.39, 0.29) is 30.4 Å². The quantitative estimate of drug-likeness (QED) is 0.804. The predicted molar refractivity (Wildman–Crippen MR) is 93.7 cm³/mol. The highest BCUT2D eigenvalue weighted by Gasteiger charge is 2.25. The lowest BCUT2D eigenvalue weighted by Crippen LogP contribution is -2.51. The highest BCUT2D eigenvalue weighted by Crippen LogP contribution is 2.25.